The van der Waals surface area contributed by atoms with Crippen molar-refractivity contribution < 1.29 is 9.21 Å². The summed E-state index contributed by atoms with van der Waals surface area (Å²) >= 11 is 3.36. The van der Waals surface area contributed by atoms with E-state index < -0.39 is 0 Å². The fourth-order valence-corrected chi connectivity index (χ4v) is 1.78. The predicted molar refractivity (Wildman–Crippen MR) is 72.6 cm³/mol. The molecule has 1 N–H and O–H groups in total. The Labute approximate surface area is 113 Å². The smallest absolute Gasteiger partial charge is 0.307 e. The van der Waals surface area contributed by atoms with Crippen LogP contribution in [0.4, 0.5) is 0 Å². The number of aryl methyl sites for hydroxylation is 1. The summed E-state index contributed by atoms with van der Waals surface area (Å²) in [6.07, 6.45) is 1.57. The van der Waals surface area contributed by atoms with Crippen LogP contribution in [0.25, 0.3) is 0 Å². The number of halogens is 1. The van der Waals surface area contributed by atoms with E-state index in [9.17, 15) is 4.79 Å². The molecule has 0 saturated heterocycles. The second kappa shape index (κ2) is 5.64. The second-order valence-corrected chi connectivity index (χ2v) is 4.58. The lowest BCUT2D eigenvalue weighted by Gasteiger charge is -1.96. The number of hydrogen-bond donors (Lipinski definition) is 1. The number of nitrogens with zero attached hydrogens (tertiary/aromatic N) is 1. The Bertz CT molecular complexity index is 590. The summed E-state index contributed by atoms with van der Waals surface area (Å²) in [6.45, 7) is 1.78. The molecule has 1 amide bonds. The number of nitrogens with one attached hydrogen (secondary N) is 1. The summed E-state index contributed by atoms with van der Waals surface area (Å²) in [5, 5.41) is 3.86. The van der Waals surface area contributed by atoms with Crippen molar-refractivity contribution in [1.29, 1.82) is 0 Å². The van der Waals surface area contributed by atoms with Gasteiger partial charge in [-0.1, -0.05) is 28.1 Å². The quantitative estimate of drug-likeness (QED) is 0.699. The van der Waals surface area contributed by atoms with Crippen LogP contribution in [0, 0.1) is 6.92 Å². The Morgan fingerprint density at radius 3 is 2.89 bits per heavy atom. The highest BCUT2D eigenvalue weighted by Crippen LogP contribution is 2.10. The molecule has 0 aliphatic carbocycles. The molecule has 0 atom stereocenters. The predicted octanol–water partition coefficient (Wildman–Crippen LogP) is 3.11. The molecule has 92 valence electrons. The minimum atomic E-state index is -0.366. The molecule has 0 unspecified atom stereocenters. The van der Waals surface area contributed by atoms with Crippen LogP contribution in [-0.4, -0.2) is 12.1 Å². The van der Waals surface area contributed by atoms with E-state index in [2.05, 4.69) is 26.5 Å². The fraction of sp³-hybridized carbons (Fsp3) is 0.0769. The van der Waals surface area contributed by atoms with E-state index in [0.717, 1.165) is 10.0 Å². The molecule has 0 saturated carbocycles. The molecular formula is C13H11BrN2O2. The number of amides is 1. The lowest BCUT2D eigenvalue weighted by Crippen LogP contribution is -2.16. The Kier molecular flexibility index (Phi) is 3.94. The molecular weight excluding hydrogens is 296 g/mol. The maximum atomic E-state index is 11.6. The van der Waals surface area contributed by atoms with Crippen LogP contribution in [-0.2, 0) is 0 Å². The van der Waals surface area contributed by atoms with Crippen molar-refractivity contribution in [3.05, 3.63) is 58.0 Å². The molecule has 5 heteroatoms. The third kappa shape index (κ3) is 3.30. The van der Waals surface area contributed by atoms with E-state index in [-0.39, 0.29) is 11.7 Å². The van der Waals surface area contributed by atoms with Gasteiger partial charge in [-0.15, -0.1) is 0 Å². The van der Waals surface area contributed by atoms with Gasteiger partial charge in [-0.05, 0) is 36.8 Å². The minimum Gasteiger partial charge on any atom is -0.456 e. The maximum Gasteiger partial charge on any atom is 0.307 e. The van der Waals surface area contributed by atoms with Gasteiger partial charge in [0.25, 0.3) is 0 Å². The first-order chi connectivity index (χ1) is 8.65. The summed E-state index contributed by atoms with van der Waals surface area (Å²) in [6, 6.07) is 10.9. The second-order valence-electron chi connectivity index (χ2n) is 3.66. The number of carbonyl (C=O) groups is 1. The SMILES string of the molecule is Cc1ccc(C(=O)N/N=C/c2cccc(Br)c2)o1. The van der Waals surface area contributed by atoms with Gasteiger partial charge < -0.3 is 4.42 Å². The van der Waals surface area contributed by atoms with Crippen LogP contribution in [0.15, 0.2) is 50.4 Å². The fourth-order valence-electron chi connectivity index (χ4n) is 1.36. The van der Waals surface area contributed by atoms with E-state index >= 15 is 0 Å². The molecule has 1 aromatic carbocycles. The van der Waals surface area contributed by atoms with Crippen molar-refractivity contribution >= 4 is 28.1 Å². The number of rotatable bonds is 3. The number of hydrogen-bond acceptors (Lipinski definition) is 3. The van der Waals surface area contributed by atoms with Crippen LogP contribution in [0.2, 0.25) is 0 Å². The lowest BCUT2D eigenvalue weighted by molar-refractivity contribution is 0.0926. The molecule has 1 aromatic heterocycles. The first kappa shape index (κ1) is 12.6. The highest BCUT2D eigenvalue weighted by molar-refractivity contribution is 9.10. The van der Waals surface area contributed by atoms with E-state index in [1.54, 1.807) is 25.3 Å². The van der Waals surface area contributed by atoms with Gasteiger partial charge in [0.1, 0.15) is 5.76 Å². The third-order valence-corrected chi connectivity index (χ3v) is 2.69. The first-order valence-corrected chi connectivity index (χ1v) is 6.10. The van der Waals surface area contributed by atoms with Crippen LogP contribution >= 0.6 is 15.9 Å². The molecule has 0 spiro atoms. The van der Waals surface area contributed by atoms with Crippen molar-refractivity contribution in [2.24, 2.45) is 5.10 Å². The van der Waals surface area contributed by atoms with E-state index in [1.807, 2.05) is 24.3 Å². The van der Waals surface area contributed by atoms with Crippen molar-refractivity contribution in [3.8, 4) is 0 Å². The first-order valence-electron chi connectivity index (χ1n) is 5.30. The molecule has 0 aliphatic heterocycles. The summed E-state index contributed by atoms with van der Waals surface area (Å²) in [4.78, 5) is 11.6. The molecule has 0 bridgehead atoms. The van der Waals surface area contributed by atoms with Crippen LogP contribution in [0.1, 0.15) is 21.9 Å². The Balaban J connectivity index is 1.97. The zero-order valence-corrected chi connectivity index (χ0v) is 11.3. The summed E-state index contributed by atoms with van der Waals surface area (Å²) < 4.78 is 6.13. The van der Waals surface area contributed by atoms with Crippen molar-refractivity contribution in [1.82, 2.24) is 5.43 Å². The lowest BCUT2D eigenvalue weighted by atomic mass is 10.2. The van der Waals surface area contributed by atoms with Crippen molar-refractivity contribution in [2.45, 2.75) is 6.92 Å². The standard InChI is InChI=1S/C13H11BrN2O2/c1-9-5-6-12(18-9)13(17)16-15-8-10-3-2-4-11(14)7-10/h2-8H,1H3,(H,16,17)/b15-8+. The number of hydrazone groups is 1. The van der Waals surface area contributed by atoms with Crippen LogP contribution in [0.3, 0.4) is 0 Å². The summed E-state index contributed by atoms with van der Waals surface area (Å²) in [5.74, 6) is 0.573. The van der Waals surface area contributed by atoms with Gasteiger partial charge in [-0.2, -0.15) is 5.10 Å². The number of furan rings is 1. The van der Waals surface area contributed by atoms with Gasteiger partial charge in [-0.3, -0.25) is 4.79 Å². The van der Waals surface area contributed by atoms with Crippen LogP contribution in [0.5, 0.6) is 0 Å². The van der Waals surface area contributed by atoms with E-state index in [4.69, 9.17) is 4.42 Å². The molecule has 0 radical (unpaired) electrons. The molecule has 0 fully saturated rings. The average molecular weight is 307 g/mol. The largest absolute Gasteiger partial charge is 0.456 e. The van der Waals surface area contributed by atoms with Crippen LogP contribution < -0.4 is 5.43 Å². The highest BCUT2D eigenvalue weighted by Gasteiger charge is 2.07. The Morgan fingerprint density at radius 1 is 1.39 bits per heavy atom. The molecule has 18 heavy (non-hydrogen) atoms. The normalized spacial score (nSPS) is 10.8. The van der Waals surface area contributed by atoms with Gasteiger partial charge in [-0.25, -0.2) is 5.43 Å². The van der Waals surface area contributed by atoms with Gasteiger partial charge in [0, 0.05) is 4.47 Å². The van der Waals surface area contributed by atoms with E-state index in [0.29, 0.717) is 5.76 Å². The molecule has 1 heterocycles. The Morgan fingerprint density at radius 2 is 2.22 bits per heavy atom. The number of carbonyl (C=O) groups excluding carboxylic acids is 1. The minimum absolute atomic E-state index is 0.249. The zero-order chi connectivity index (χ0) is 13.0. The van der Waals surface area contributed by atoms with Crippen molar-refractivity contribution in [3.63, 3.8) is 0 Å². The Hall–Kier alpha value is -1.88. The zero-order valence-electron chi connectivity index (χ0n) is 9.68. The van der Waals surface area contributed by atoms with Gasteiger partial charge in [0.15, 0.2) is 5.76 Å². The topological polar surface area (TPSA) is 54.6 Å². The molecule has 0 aliphatic rings. The number of benzene rings is 1. The average Bonchev–Trinajstić information content (AvgIpc) is 2.76. The summed E-state index contributed by atoms with van der Waals surface area (Å²) in [7, 11) is 0. The maximum absolute atomic E-state index is 11.6. The van der Waals surface area contributed by atoms with Gasteiger partial charge >= 0.3 is 5.91 Å². The van der Waals surface area contributed by atoms with Crippen molar-refractivity contribution in [2.75, 3.05) is 0 Å². The van der Waals surface area contributed by atoms with Gasteiger partial charge in [0.05, 0.1) is 6.21 Å². The van der Waals surface area contributed by atoms with Gasteiger partial charge in [0.2, 0.25) is 0 Å². The highest BCUT2D eigenvalue weighted by atomic mass is 79.9. The molecule has 2 rings (SSSR count). The monoisotopic (exact) mass is 306 g/mol. The molecule has 4 nitrogen and oxygen atoms in total. The van der Waals surface area contributed by atoms with E-state index in [1.165, 1.54) is 0 Å². The molecule has 2 aromatic rings. The third-order valence-electron chi connectivity index (χ3n) is 2.19. The summed E-state index contributed by atoms with van der Waals surface area (Å²) in [5.41, 5.74) is 3.29.